The highest BCUT2D eigenvalue weighted by atomic mass is 16.5. The summed E-state index contributed by atoms with van der Waals surface area (Å²) >= 11 is 0. The summed E-state index contributed by atoms with van der Waals surface area (Å²) in [7, 11) is 0. The fourth-order valence-electron chi connectivity index (χ4n) is 2.32. The van der Waals surface area contributed by atoms with Gasteiger partial charge in [-0.05, 0) is 6.42 Å². The van der Waals surface area contributed by atoms with Crippen LogP contribution in [0.15, 0.2) is 6.20 Å². The van der Waals surface area contributed by atoms with Gasteiger partial charge in [0.1, 0.15) is 0 Å². The topological polar surface area (TPSA) is 80.5 Å². The molecule has 1 unspecified atom stereocenters. The predicted molar refractivity (Wildman–Crippen MR) is 56.8 cm³/mol. The van der Waals surface area contributed by atoms with Crippen LogP contribution in [-0.2, 0) is 4.74 Å². The number of likely N-dealkylation sites (tertiary alicyclic amines) is 1. The molecule has 1 atom stereocenters. The van der Waals surface area contributed by atoms with E-state index in [0.717, 1.165) is 32.7 Å². The number of hydrogen-bond acceptors (Lipinski definition) is 5. The van der Waals surface area contributed by atoms with Gasteiger partial charge in [-0.1, -0.05) is 5.21 Å². The van der Waals surface area contributed by atoms with Crippen LogP contribution in [0.2, 0.25) is 0 Å². The maximum absolute atomic E-state index is 10.7. The Morgan fingerprint density at radius 3 is 2.88 bits per heavy atom. The smallest absolute Gasteiger partial charge is 0.358 e. The number of nitrogens with zero attached hydrogens (tertiary/aromatic N) is 4. The Morgan fingerprint density at radius 2 is 2.29 bits per heavy atom. The van der Waals surface area contributed by atoms with Gasteiger partial charge in [0.2, 0.25) is 0 Å². The lowest BCUT2D eigenvalue weighted by Gasteiger charge is -2.42. The molecule has 2 aliphatic rings. The number of carbonyl (C=O) groups is 1. The third-order valence-corrected chi connectivity index (χ3v) is 3.42. The third kappa shape index (κ3) is 1.91. The molecule has 1 aromatic rings. The zero-order chi connectivity index (χ0) is 11.8. The summed E-state index contributed by atoms with van der Waals surface area (Å²) in [4.78, 5) is 13.0. The zero-order valence-corrected chi connectivity index (χ0v) is 9.32. The second kappa shape index (κ2) is 4.08. The Hall–Kier alpha value is -1.47. The van der Waals surface area contributed by atoms with Crippen LogP contribution in [0.1, 0.15) is 23.0 Å². The van der Waals surface area contributed by atoms with Gasteiger partial charge in [0.15, 0.2) is 5.69 Å². The molecule has 1 N–H and O–H groups in total. The quantitative estimate of drug-likeness (QED) is 0.773. The van der Waals surface area contributed by atoms with E-state index in [1.807, 2.05) is 0 Å². The molecule has 2 saturated heterocycles. The molecule has 0 amide bonds. The van der Waals surface area contributed by atoms with Crippen molar-refractivity contribution in [2.75, 3.05) is 26.3 Å². The van der Waals surface area contributed by atoms with Crippen LogP contribution in [0.5, 0.6) is 0 Å². The van der Waals surface area contributed by atoms with Crippen molar-refractivity contribution in [1.82, 2.24) is 19.9 Å². The van der Waals surface area contributed by atoms with E-state index in [9.17, 15) is 4.79 Å². The molecule has 0 bridgehead atoms. The zero-order valence-electron chi connectivity index (χ0n) is 9.32. The summed E-state index contributed by atoms with van der Waals surface area (Å²) in [6.45, 7) is 3.45. The first-order chi connectivity index (χ1) is 8.24. The number of aromatic carboxylic acids is 1. The minimum Gasteiger partial charge on any atom is -0.476 e. The highest BCUT2D eigenvalue weighted by Crippen LogP contribution is 2.26. The monoisotopic (exact) mass is 238 g/mol. The highest BCUT2D eigenvalue weighted by molar-refractivity contribution is 5.84. The molecule has 3 rings (SSSR count). The lowest BCUT2D eigenvalue weighted by molar-refractivity contribution is 0.0445. The molecule has 7 nitrogen and oxygen atoms in total. The lowest BCUT2D eigenvalue weighted by Crippen LogP contribution is -2.53. The van der Waals surface area contributed by atoms with Gasteiger partial charge in [0.25, 0.3) is 0 Å². The second-order valence-electron chi connectivity index (χ2n) is 4.51. The summed E-state index contributed by atoms with van der Waals surface area (Å²) in [6, 6.07) is 0.768. The fraction of sp³-hybridized carbons (Fsp3) is 0.700. The van der Waals surface area contributed by atoms with Crippen molar-refractivity contribution in [2.45, 2.75) is 18.5 Å². The van der Waals surface area contributed by atoms with Crippen LogP contribution in [0.25, 0.3) is 0 Å². The lowest BCUT2D eigenvalue weighted by atomic mass is 10.1. The fourth-order valence-corrected chi connectivity index (χ4v) is 2.32. The minimum atomic E-state index is -1.03. The van der Waals surface area contributed by atoms with E-state index in [-0.39, 0.29) is 11.7 Å². The summed E-state index contributed by atoms with van der Waals surface area (Å²) < 4.78 is 6.98. The number of carboxylic acid groups (broad SMARTS) is 1. The van der Waals surface area contributed by atoms with Crippen LogP contribution < -0.4 is 0 Å². The number of hydrogen-bond donors (Lipinski definition) is 1. The first kappa shape index (κ1) is 10.7. The summed E-state index contributed by atoms with van der Waals surface area (Å²) in [5, 5.41) is 16.2. The second-order valence-corrected chi connectivity index (χ2v) is 4.51. The summed E-state index contributed by atoms with van der Waals surface area (Å²) in [5.41, 5.74) is 0.00708. The van der Waals surface area contributed by atoms with E-state index in [1.54, 1.807) is 4.68 Å². The van der Waals surface area contributed by atoms with E-state index in [4.69, 9.17) is 9.84 Å². The Morgan fingerprint density at radius 1 is 1.47 bits per heavy atom. The first-order valence-electron chi connectivity index (χ1n) is 5.71. The van der Waals surface area contributed by atoms with Crippen molar-refractivity contribution in [3.05, 3.63) is 11.9 Å². The molecule has 2 fully saturated rings. The maximum Gasteiger partial charge on any atom is 0.358 e. The number of aromatic nitrogens is 3. The number of ether oxygens (including phenoxy) is 1. The van der Waals surface area contributed by atoms with Crippen molar-refractivity contribution in [3.8, 4) is 0 Å². The van der Waals surface area contributed by atoms with E-state index in [1.165, 1.54) is 6.20 Å². The largest absolute Gasteiger partial charge is 0.476 e. The number of carboxylic acids is 1. The molecule has 3 heterocycles. The van der Waals surface area contributed by atoms with E-state index >= 15 is 0 Å². The number of rotatable bonds is 3. The van der Waals surface area contributed by atoms with Crippen molar-refractivity contribution in [3.63, 3.8) is 0 Å². The van der Waals surface area contributed by atoms with Gasteiger partial charge in [-0.15, -0.1) is 5.10 Å². The SMILES string of the molecule is O=C(O)c1cn(C2CN(C3CCOC3)C2)nn1. The molecular formula is C10H14N4O3. The van der Waals surface area contributed by atoms with Gasteiger partial charge in [-0.3, -0.25) is 4.90 Å². The van der Waals surface area contributed by atoms with Crippen molar-refractivity contribution in [1.29, 1.82) is 0 Å². The molecule has 0 aliphatic carbocycles. The third-order valence-electron chi connectivity index (χ3n) is 3.42. The van der Waals surface area contributed by atoms with Crippen LogP contribution in [0, 0.1) is 0 Å². The van der Waals surface area contributed by atoms with Crippen molar-refractivity contribution >= 4 is 5.97 Å². The Bertz CT molecular complexity index is 421. The van der Waals surface area contributed by atoms with E-state index < -0.39 is 5.97 Å². The molecule has 0 radical (unpaired) electrons. The Balaban J connectivity index is 1.58. The normalized spacial score (nSPS) is 26.0. The molecule has 0 spiro atoms. The van der Waals surface area contributed by atoms with Gasteiger partial charge in [0, 0.05) is 25.7 Å². The van der Waals surface area contributed by atoms with Gasteiger partial charge in [0.05, 0.1) is 18.8 Å². The molecule has 17 heavy (non-hydrogen) atoms. The Kier molecular flexibility index (Phi) is 2.56. The molecule has 2 aliphatic heterocycles. The Labute approximate surface area is 98.0 Å². The van der Waals surface area contributed by atoms with Gasteiger partial charge in [-0.25, -0.2) is 9.48 Å². The van der Waals surface area contributed by atoms with Crippen LogP contribution in [-0.4, -0.2) is 63.3 Å². The molecular weight excluding hydrogens is 224 g/mol. The van der Waals surface area contributed by atoms with Gasteiger partial charge < -0.3 is 9.84 Å². The first-order valence-corrected chi connectivity index (χ1v) is 5.71. The molecule has 7 heteroatoms. The van der Waals surface area contributed by atoms with Crippen molar-refractivity contribution < 1.29 is 14.6 Å². The van der Waals surface area contributed by atoms with Crippen LogP contribution in [0.3, 0.4) is 0 Å². The van der Waals surface area contributed by atoms with Crippen LogP contribution in [0.4, 0.5) is 0 Å². The van der Waals surface area contributed by atoms with E-state index in [0.29, 0.717) is 6.04 Å². The maximum atomic E-state index is 10.7. The molecule has 92 valence electrons. The average Bonchev–Trinajstić information content (AvgIpc) is 2.84. The predicted octanol–water partition coefficient (Wildman–Crippen LogP) is -0.378. The molecule has 0 aromatic carbocycles. The summed E-state index contributed by atoms with van der Waals surface area (Å²) in [6.07, 6.45) is 2.58. The highest BCUT2D eigenvalue weighted by Gasteiger charge is 2.35. The van der Waals surface area contributed by atoms with Gasteiger partial charge >= 0.3 is 5.97 Å². The summed E-state index contributed by atoms with van der Waals surface area (Å²) in [5.74, 6) is -1.03. The average molecular weight is 238 g/mol. The van der Waals surface area contributed by atoms with Gasteiger partial charge in [-0.2, -0.15) is 0 Å². The molecule has 1 aromatic heterocycles. The van der Waals surface area contributed by atoms with E-state index in [2.05, 4.69) is 15.2 Å². The standard InChI is InChI=1S/C10H14N4O3/c15-10(16)9-5-14(12-11-9)8-3-13(4-8)7-1-2-17-6-7/h5,7-8H,1-4,6H2,(H,15,16). The molecule has 0 saturated carbocycles. The minimum absolute atomic E-state index is 0.00708. The van der Waals surface area contributed by atoms with Crippen molar-refractivity contribution in [2.24, 2.45) is 0 Å². The van der Waals surface area contributed by atoms with Crippen LogP contribution >= 0.6 is 0 Å².